The summed E-state index contributed by atoms with van der Waals surface area (Å²) < 4.78 is 5.80. The van der Waals surface area contributed by atoms with Gasteiger partial charge in [-0.1, -0.05) is 20.8 Å². The minimum atomic E-state index is 0.492. The van der Waals surface area contributed by atoms with Crippen molar-refractivity contribution in [3.8, 4) is 0 Å². The molecule has 0 aromatic carbocycles. The van der Waals surface area contributed by atoms with E-state index in [4.69, 9.17) is 4.42 Å². The molecule has 0 aliphatic carbocycles. The topological polar surface area (TPSA) is 28.4 Å². The van der Waals surface area contributed by atoms with Crippen LogP contribution in [0.15, 0.2) is 16.5 Å². The molecule has 0 spiro atoms. The molecule has 1 aromatic heterocycles. The minimum absolute atomic E-state index is 0.492. The molecule has 1 N–H and O–H groups in total. The maximum absolute atomic E-state index is 5.80. The highest BCUT2D eigenvalue weighted by Crippen LogP contribution is 2.12. The van der Waals surface area contributed by atoms with Crippen molar-refractivity contribution in [3.63, 3.8) is 0 Å². The van der Waals surface area contributed by atoms with Gasteiger partial charge in [-0.2, -0.15) is 0 Å². The molecule has 1 atom stereocenters. The van der Waals surface area contributed by atoms with Gasteiger partial charge in [0, 0.05) is 12.1 Å². The van der Waals surface area contributed by atoms with Crippen LogP contribution in [0.2, 0.25) is 0 Å². The Hall–Kier alpha value is -0.800. The third-order valence-electron chi connectivity index (χ3n) is 3.15. The highest BCUT2D eigenvalue weighted by atomic mass is 16.3. The summed E-state index contributed by atoms with van der Waals surface area (Å²) in [6, 6.07) is 5.23. The lowest BCUT2D eigenvalue weighted by Gasteiger charge is -2.22. The Balaban J connectivity index is 2.45. The first-order valence-corrected chi connectivity index (χ1v) is 6.54. The van der Waals surface area contributed by atoms with Crippen molar-refractivity contribution in [1.82, 2.24) is 10.2 Å². The summed E-state index contributed by atoms with van der Waals surface area (Å²) in [5.74, 6) is 2.07. The number of nitrogens with zero attached hydrogens (tertiary/aromatic N) is 1. The summed E-state index contributed by atoms with van der Waals surface area (Å²) in [4.78, 5) is 2.32. The Morgan fingerprint density at radius 1 is 1.24 bits per heavy atom. The first-order chi connectivity index (χ1) is 8.02. The van der Waals surface area contributed by atoms with Crippen molar-refractivity contribution >= 4 is 0 Å². The van der Waals surface area contributed by atoms with Gasteiger partial charge in [-0.15, -0.1) is 0 Å². The fourth-order valence-corrected chi connectivity index (χ4v) is 1.62. The highest BCUT2D eigenvalue weighted by Gasteiger charge is 2.10. The summed E-state index contributed by atoms with van der Waals surface area (Å²) >= 11 is 0. The SMILES string of the molecule is CCC(C)N(C)Cc1ccc(CNC(C)C)o1. The van der Waals surface area contributed by atoms with Crippen LogP contribution < -0.4 is 5.32 Å². The molecule has 0 fully saturated rings. The van der Waals surface area contributed by atoms with Crippen LogP contribution in [-0.4, -0.2) is 24.0 Å². The molecule has 0 aliphatic rings. The van der Waals surface area contributed by atoms with E-state index in [9.17, 15) is 0 Å². The lowest BCUT2D eigenvalue weighted by atomic mass is 10.2. The lowest BCUT2D eigenvalue weighted by Crippen LogP contribution is -2.27. The van der Waals surface area contributed by atoms with Crippen molar-refractivity contribution < 1.29 is 4.42 Å². The Labute approximate surface area is 105 Å². The maximum Gasteiger partial charge on any atom is 0.118 e. The van der Waals surface area contributed by atoms with Crippen molar-refractivity contribution in [2.45, 2.75) is 59.3 Å². The Kier molecular flexibility index (Phi) is 5.72. The first-order valence-electron chi connectivity index (χ1n) is 6.54. The molecule has 0 aliphatic heterocycles. The van der Waals surface area contributed by atoms with Crippen molar-refractivity contribution in [1.29, 1.82) is 0 Å². The van der Waals surface area contributed by atoms with E-state index >= 15 is 0 Å². The monoisotopic (exact) mass is 238 g/mol. The largest absolute Gasteiger partial charge is 0.463 e. The lowest BCUT2D eigenvalue weighted by molar-refractivity contribution is 0.222. The predicted octanol–water partition coefficient (Wildman–Crippen LogP) is 3.01. The Morgan fingerprint density at radius 3 is 2.47 bits per heavy atom. The summed E-state index contributed by atoms with van der Waals surface area (Å²) in [7, 11) is 2.14. The standard InChI is InChI=1S/C14H26N2O/c1-6-12(4)16(5)10-14-8-7-13(17-14)9-15-11(2)3/h7-8,11-12,15H,6,9-10H2,1-5H3. The summed E-state index contributed by atoms with van der Waals surface area (Å²) in [5.41, 5.74) is 0. The zero-order valence-corrected chi connectivity index (χ0v) is 11.8. The van der Waals surface area contributed by atoms with Gasteiger partial charge in [0.2, 0.25) is 0 Å². The molecule has 3 nitrogen and oxygen atoms in total. The molecule has 98 valence electrons. The summed E-state index contributed by atoms with van der Waals surface area (Å²) in [6.45, 7) is 10.4. The van der Waals surface area contributed by atoms with Crippen LogP contribution in [0.1, 0.15) is 45.6 Å². The maximum atomic E-state index is 5.80. The van der Waals surface area contributed by atoms with Crippen molar-refractivity contribution in [2.75, 3.05) is 7.05 Å². The first kappa shape index (κ1) is 14.3. The molecule has 3 heteroatoms. The normalized spacial score (nSPS) is 13.6. The average molecular weight is 238 g/mol. The molecular formula is C14H26N2O. The van der Waals surface area contributed by atoms with Crippen LogP contribution in [0.3, 0.4) is 0 Å². The quantitative estimate of drug-likeness (QED) is 0.791. The molecule has 1 heterocycles. The number of hydrogen-bond acceptors (Lipinski definition) is 3. The highest BCUT2D eigenvalue weighted by molar-refractivity contribution is 5.07. The van der Waals surface area contributed by atoms with Gasteiger partial charge in [0.05, 0.1) is 13.1 Å². The average Bonchev–Trinajstić information content (AvgIpc) is 2.73. The molecule has 0 saturated carbocycles. The van der Waals surface area contributed by atoms with E-state index in [2.05, 4.69) is 57.1 Å². The molecular weight excluding hydrogens is 212 g/mol. The number of rotatable bonds is 7. The zero-order valence-electron chi connectivity index (χ0n) is 11.8. The fraction of sp³-hybridized carbons (Fsp3) is 0.714. The van der Waals surface area contributed by atoms with Crippen LogP contribution in [0.4, 0.5) is 0 Å². The predicted molar refractivity (Wildman–Crippen MR) is 71.9 cm³/mol. The Morgan fingerprint density at radius 2 is 1.88 bits per heavy atom. The number of hydrogen-bond donors (Lipinski definition) is 1. The molecule has 17 heavy (non-hydrogen) atoms. The molecule has 0 saturated heterocycles. The minimum Gasteiger partial charge on any atom is -0.463 e. The van der Waals surface area contributed by atoms with Gasteiger partial charge in [-0.25, -0.2) is 0 Å². The van der Waals surface area contributed by atoms with Gasteiger partial charge in [0.25, 0.3) is 0 Å². The second-order valence-corrected chi connectivity index (χ2v) is 5.08. The van der Waals surface area contributed by atoms with Crippen LogP contribution in [-0.2, 0) is 13.1 Å². The smallest absolute Gasteiger partial charge is 0.118 e. The van der Waals surface area contributed by atoms with E-state index in [1.165, 1.54) is 6.42 Å². The van der Waals surface area contributed by atoms with Gasteiger partial charge in [0.15, 0.2) is 0 Å². The fourth-order valence-electron chi connectivity index (χ4n) is 1.62. The number of nitrogens with one attached hydrogen (secondary N) is 1. The molecule has 0 bridgehead atoms. The van der Waals surface area contributed by atoms with Crippen LogP contribution >= 0.6 is 0 Å². The second-order valence-electron chi connectivity index (χ2n) is 5.08. The molecule has 1 rings (SSSR count). The van der Waals surface area contributed by atoms with Gasteiger partial charge in [0.1, 0.15) is 11.5 Å². The van der Waals surface area contributed by atoms with Crippen LogP contribution in [0, 0.1) is 0 Å². The second kappa shape index (κ2) is 6.82. The molecule has 0 amide bonds. The summed E-state index contributed by atoms with van der Waals surface area (Å²) in [5, 5.41) is 3.35. The van der Waals surface area contributed by atoms with E-state index in [1.54, 1.807) is 0 Å². The van der Waals surface area contributed by atoms with Crippen molar-refractivity contribution in [3.05, 3.63) is 23.7 Å². The molecule has 1 unspecified atom stereocenters. The van der Waals surface area contributed by atoms with Crippen LogP contribution in [0.25, 0.3) is 0 Å². The summed E-state index contributed by atoms with van der Waals surface area (Å²) in [6.07, 6.45) is 1.17. The third-order valence-corrected chi connectivity index (χ3v) is 3.15. The van der Waals surface area contributed by atoms with Gasteiger partial charge in [-0.3, -0.25) is 4.90 Å². The van der Waals surface area contributed by atoms with Gasteiger partial charge < -0.3 is 9.73 Å². The molecule has 1 aromatic rings. The van der Waals surface area contributed by atoms with E-state index in [-0.39, 0.29) is 0 Å². The van der Waals surface area contributed by atoms with E-state index < -0.39 is 0 Å². The van der Waals surface area contributed by atoms with E-state index in [0.717, 1.165) is 24.6 Å². The zero-order chi connectivity index (χ0) is 12.8. The van der Waals surface area contributed by atoms with Crippen molar-refractivity contribution in [2.24, 2.45) is 0 Å². The third kappa shape index (κ3) is 4.92. The molecule has 0 radical (unpaired) electrons. The van der Waals surface area contributed by atoms with Crippen LogP contribution in [0.5, 0.6) is 0 Å². The van der Waals surface area contributed by atoms with Gasteiger partial charge >= 0.3 is 0 Å². The van der Waals surface area contributed by atoms with Gasteiger partial charge in [-0.05, 0) is 32.5 Å². The Bertz CT molecular complexity index is 320. The van der Waals surface area contributed by atoms with E-state index in [1.807, 2.05) is 0 Å². The number of furan rings is 1. The van der Waals surface area contributed by atoms with E-state index in [0.29, 0.717) is 12.1 Å².